The zero-order valence-corrected chi connectivity index (χ0v) is 12.0. The summed E-state index contributed by atoms with van der Waals surface area (Å²) < 4.78 is 11.5. The van der Waals surface area contributed by atoms with Crippen molar-refractivity contribution in [2.45, 2.75) is 51.7 Å². The van der Waals surface area contributed by atoms with Crippen LogP contribution in [0.25, 0.3) is 0 Å². The number of benzene rings is 1. The fourth-order valence-electron chi connectivity index (χ4n) is 3.70. The summed E-state index contributed by atoms with van der Waals surface area (Å²) in [4.78, 5) is 0. The summed E-state index contributed by atoms with van der Waals surface area (Å²) in [7, 11) is 0. The first-order valence-electron chi connectivity index (χ1n) is 7.60. The molecule has 2 unspecified atom stereocenters. The highest BCUT2D eigenvalue weighted by atomic mass is 16.7. The van der Waals surface area contributed by atoms with Gasteiger partial charge < -0.3 is 9.47 Å². The van der Waals surface area contributed by atoms with Crippen molar-refractivity contribution in [2.24, 2.45) is 5.92 Å². The zero-order valence-electron chi connectivity index (χ0n) is 12.0. The molecule has 0 amide bonds. The van der Waals surface area contributed by atoms with Crippen LogP contribution in [-0.4, -0.2) is 13.2 Å². The van der Waals surface area contributed by atoms with E-state index in [0.717, 1.165) is 19.1 Å². The van der Waals surface area contributed by atoms with Crippen molar-refractivity contribution in [1.29, 1.82) is 0 Å². The molecule has 1 saturated carbocycles. The number of ether oxygens (including phenoxy) is 2. The normalized spacial score (nSPS) is 28.7. The summed E-state index contributed by atoms with van der Waals surface area (Å²) >= 11 is 0. The van der Waals surface area contributed by atoms with Crippen LogP contribution in [0.3, 0.4) is 0 Å². The van der Waals surface area contributed by atoms with Gasteiger partial charge in [0.25, 0.3) is 0 Å². The van der Waals surface area contributed by atoms with Crippen LogP contribution < -0.4 is 0 Å². The Morgan fingerprint density at radius 3 is 2.53 bits per heavy atom. The first kappa shape index (κ1) is 13.1. The lowest BCUT2D eigenvalue weighted by molar-refractivity contribution is -0.0452. The Bertz CT molecular complexity index is 435. The first-order valence-corrected chi connectivity index (χ1v) is 7.60. The average Bonchev–Trinajstić information content (AvgIpc) is 2.93. The highest BCUT2D eigenvalue weighted by Gasteiger charge is 2.30. The van der Waals surface area contributed by atoms with Crippen molar-refractivity contribution in [3.8, 4) is 0 Å². The number of aryl methyl sites for hydroxylation is 1. The molecule has 2 atom stereocenters. The van der Waals surface area contributed by atoms with Crippen LogP contribution >= 0.6 is 0 Å². The summed E-state index contributed by atoms with van der Waals surface area (Å²) in [6.45, 7) is 6.07. The van der Waals surface area contributed by atoms with Gasteiger partial charge in [-0.3, -0.25) is 0 Å². The molecule has 0 bridgehead atoms. The van der Waals surface area contributed by atoms with Crippen molar-refractivity contribution in [3.05, 3.63) is 34.9 Å². The lowest BCUT2D eigenvalue weighted by Gasteiger charge is -2.32. The van der Waals surface area contributed by atoms with E-state index in [1.54, 1.807) is 0 Å². The van der Waals surface area contributed by atoms with Gasteiger partial charge in [0.1, 0.15) is 0 Å². The molecule has 1 aromatic rings. The maximum Gasteiger partial charge on any atom is 0.184 e. The first-order chi connectivity index (χ1) is 9.27. The van der Waals surface area contributed by atoms with Gasteiger partial charge in [-0.2, -0.15) is 0 Å². The molecule has 2 fully saturated rings. The van der Waals surface area contributed by atoms with Crippen LogP contribution in [0.5, 0.6) is 0 Å². The van der Waals surface area contributed by atoms with E-state index in [9.17, 15) is 0 Å². The SMILES string of the molecule is Cc1cccc(C2OCCO2)c1C1CCCCC1C. The molecular weight excluding hydrogens is 236 g/mol. The van der Waals surface area contributed by atoms with Crippen LogP contribution in [0, 0.1) is 12.8 Å². The molecule has 0 radical (unpaired) electrons. The summed E-state index contributed by atoms with van der Waals surface area (Å²) in [6, 6.07) is 6.56. The van der Waals surface area contributed by atoms with E-state index in [2.05, 4.69) is 32.0 Å². The zero-order chi connectivity index (χ0) is 13.2. The molecular formula is C17H24O2. The second-order valence-corrected chi connectivity index (χ2v) is 6.02. The second-order valence-electron chi connectivity index (χ2n) is 6.02. The van der Waals surface area contributed by atoms with E-state index >= 15 is 0 Å². The Kier molecular flexibility index (Phi) is 3.90. The predicted octanol–water partition coefficient (Wildman–Crippen LogP) is 4.33. The third-order valence-corrected chi connectivity index (χ3v) is 4.72. The van der Waals surface area contributed by atoms with E-state index in [1.807, 2.05) is 0 Å². The molecule has 3 rings (SSSR count). The Morgan fingerprint density at radius 1 is 1.05 bits per heavy atom. The standard InChI is InChI=1S/C17H24O2/c1-12-6-3-4-8-14(12)16-13(2)7-5-9-15(16)17-18-10-11-19-17/h5,7,9,12,14,17H,3-4,6,8,10-11H2,1-2H3. The highest BCUT2D eigenvalue weighted by Crippen LogP contribution is 2.42. The Labute approximate surface area is 116 Å². The minimum atomic E-state index is -0.135. The molecule has 1 aromatic carbocycles. The summed E-state index contributed by atoms with van der Waals surface area (Å²) in [5.74, 6) is 1.45. The molecule has 104 valence electrons. The van der Waals surface area contributed by atoms with Crippen LogP contribution in [0.1, 0.15) is 61.5 Å². The van der Waals surface area contributed by atoms with Crippen LogP contribution in [0.2, 0.25) is 0 Å². The Morgan fingerprint density at radius 2 is 1.79 bits per heavy atom. The Hall–Kier alpha value is -0.860. The lowest BCUT2D eigenvalue weighted by atomic mass is 9.74. The molecule has 1 aliphatic carbocycles. The molecule has 1 saturated heterocycles. The molecule has 2 aliphatic rings. The van der Waals surface area contributed by atoms with Gasteiger partial charge in [0, 0.05) is 5.56 Å². The summed E-state index contributed by atoms with van der Waals surface area (Å²) in [6.07, 6.45) is 5.27. The number of hydrogen-bond acceptors (Lipinski definition) is 2. The molecule has 1 aliphatic heterocycles. The summed E-state index contributed by atoms with van der Waals surface area (Å²) in [5.41, 5.74) is 4.17. The van der Waals surface area contributed by atoms with Crippen LogP contribution in [0.4, 0.5) is 0 Å². The molecule has 0 aromatic heterocycles. The summed E-state index contributed by atoms with van der Waals surface area (Å²) in [5, 5.41) is 0. The molecule has 2 nitrogen and oxygen atoms in total. The molecule has 0 N–H and O–H groups in total. The van der Waals surface area contributed by atoms with Gasteiger partial charge in [0.2, 0.25) is 0 Å². The fourth-order valence-corrected chi connectivity index (χ4v) is 3.70. The minimum absolute atomic E-state index is 0.135. The van der Waals surface area contributed by atoms with Gasteiger partial charge >= 0.3 is 0 Å². The van der Waals surface area contributed by atoms with Crippen molar-refractivity contribution in [1.82, 2.24) is 0 Å². The molecule has 0 spiro atoms. The number of rotatable bonds is 2. The predicted molar refractivity (Wildman–Crippen MR) is 76.2 cm³/mol. The minimum Gasteiger partial charge on any atom is -0.346 e. The monoisotopic (exact) mass is 260 g/mol. The smallest absolute Gasteiger partial charge is 0.184 e. The quantitative estimate of drug-likeness (QED) is 0.787. The second kappa shape index (κ2) is 5.64. The van der Waals surface area contributed by atoms with Gasteiger partial charge in [-0.05, 0) is 36.3 Å². The van der Waals surface area contributed by atoms with Gasteiger partial charge in [0.05, 0.1) is 13.2 Å². The highest BCUT2D eigenvalue weighted by molar-refractivity contribution is 5.39. The third kappa shape index (κ3) is 2.56. The molecule has 1 heterocycles. The van der Waals surface area contributed by atoms with Crippen molar-refractivity contribution in [2.75, 3.05) is 13.2 Å². The van der Waals surface area contributed by atoms with Crippen molar-refractivity contribution >= 4 is 0 Å². The van der Waals surface area contributed by atoms with Gasteiger partial charge in [-0.1, -0.05) is 44.4 Å². The van der Waals surface area contributed by atoms with Crippen molar-refractivity contribution < 1.29 is 9.47 Å². The van der Waals surface area contributed by atoms with E-state index in [0.29, 0.717) is 5.92 Å². The number of hydrogen-bond donors (Lipinski definition) is 0. The van der Waals surface area contributed by atoms with Gasteiger partial charge in [-0.15, -0.1) is 0 Å². The Balaban J connectivity index is 1.98. The lowest BCUT2D eigenvalue weighted by Crippen LogP contribution is -2.18. The average molecular weight is 260 g/mol. The van der Waals surface area contributed by atoms with Crippen LogP contribution in [-0.2, 0) is 9.47 Å². The van der Waals surface area contributed by atoms with Gasteiger partial charge in [-0.25, -0.2) is 0 Å². The van der Waals surface area contributed by atoms with Crippen LogP contribution in [0.15, 0.2) is 18.2 Å². The van der Waals surface area contributed by atoms with E-state index < -0.39 is 0 Å². The molecule has 2 heteroatoms. The largest absolute Gasteiger partial charge is 0.346 e. The maximum atomic E-state index is 5.74. The van der Waals surface area contributed by atoms with Gasteiger partial charge in [0.15, 0.2) is 6.29 Å². The van der Waals surface area contributed by atoms with E-state index in [-0.39, 0.29) is 6.29 Å². The van der Waals surface area contributed by atoms with E-state index in [1.165, 1.54) is 42.4 Å². The van der Waals surface area contributed by atoms with E-state index in [4.69, 9.17) is 9.47 Å². The molecule has 19 heavy (non-hydrogen) atoms. The maximum absolute atomic E-state index is 5.74. The van der Waals surface area contributed by atoms with Crippen molar-refractivity contribution in [3.63, 3.8) is 0 Å². The third-order valence-electron chi connectivity index (χ3n) is 4.72. The topological polar surface area (TPSA) is 18.5 Å². The fraction of sp³-hybridized carbons (Fsp3) is 0.647.